The number of amides is 1. The minimum atomic E-state index is -2.59. The van der Waals surface area contributed by atoms with Gasteiger partial charge in [-0.2, -0.15) is 0 Å². The predicted octanol–water partition coefficient (Wildman–Crippen LogP) is 1.58. The first-order chi connectivity index (χ1) is 9.40. The summed E-state index contributed by atoms with van der Waals surface area (Å²) in [7, 11) is 0. The normalized spacial score (nSPS) is 10.6. The van der Waals surface area contributed by atoms with Gasteiger partial charge in [-0.15, -0.1) is 0 Å². The first-order valence-corrected chi connectivity index (χ1v) is 5.68. The number of nitrogens with one attached hydrogen (secondary N) is 1. The summed E-state index contributed by atoms with van der Waals surface area (Å²) in [6.45, 7) is -0.914. The van der Waals surface area contributed by atoms with Crippen LogP contribution in [0.2, 0.25) is 0 Å². The molecule has 0 aliphatic rings. The molecule has 1 aromatic rings. The standard InChI is InChI=1S/C12H14F2N2O4/c13-10(14)6-20-4-3-11(17)16-9-2-1-7(15)5-8(9)12(18)19/h1-2,5,10H,3-4,6,15H2,(H,16,17)(H,18,19). The highest BCUT2D eigenvalue weighted by molar-refractivity contribution is 6.01. The zero-order chi connectivity index (χ0) is 15.1. The maximum Gasteiger partial charge on any atom is 0.337 e. The average Bonchev–Trinajstić information content (AvgIpc) is 2.36. The largest absolute Gasteiger partial charge is 0.478 e. The fourth-order valence-corrected chi connectivity index (χ4v) is 1.40. The molecular formula is C12H14F2N2O4. The van der Waals surface area contributed by atoms with Crippen molar-refractivity contribution in [3.8, 4) is 0 Å². The highest BCUT2D eigenvalue weighted by Crippen LogP contribution is 2.19. The highest BCUT2D eigenvalue weighted by Gasteiger charge is 2.13. The van der Waals surface area contributed by atoms with Gasteiger partial charge in [-0.05, 0) is 18.2 Å². The summed E-state index contributed by atoms with van der Waals surface area (Å²) in [6, 6.07) is 4.01. The fourth-order valence-electron chi connectivity index (χ4n) is 1.40. The number of hydrogen-bond acceptors (Lipinski definition) is 4. The molecule has 4 N–H and O–H groups in total. The second kappa shape index (κ2) is 7.39. The molecule has 1 aromatic carbocycles. The maximum absolute atomic E-state index is 11.8. The molecule has 6 nitrogen and oxygen atoms in total. The third-order valence-electron chi connectivity index (χ3n) is 2.27. The lowest BCUT2D eigenvalue weighted by molar-refractivity contribution is -0.117. The van der Waals surface area contributed by atoms with E-state index in [2.05, 4.69) is 10.1 Å². The Bertz CT molecular complexity index is 494. The Balaban J connectivity index is 2.55. The van der Waals surface area contributed by atoms with Crippen LogP contribution in [0.1, 0.15) is 16.8 Å². The molecular weight excluding hydrogens is 274 g/mol. The zero-order valence-corrected chi connectivity index (χ0v) is 10.4. The number of hydrogen-bond donors (Lipinski definition) is 3. The van der Waals surface area contributed by atoms with Crippen LogP contribution >= 0.6 is 0 Å². The summed E-state index contributed by atoms with van der Waals surface area (Å²) in [5.41, 5.74) is 5.65. The molecule has 0 unspecified atom stereocenters. The lowest BCUT2D eigenvalue weighted by atomic mass is 10.1. The van der Waals surface area contributed by atoms with E-state index in [1.54, 1.807) is 0 Å². The molecule has 0 aromatic heterocycles. The number of nitrogens with two attached hydrogens (primary N) is 1. The van der Waals surface area contributed by atoms with Gasteiger partial charge in [0.05, 0.1) is 24.3 Å². The summed E-state index contributed by atoms with van der Waals surface area (Å²) in [4.78, 5) is 22.5. The molecule has 1 rings (SSSR count). The molecule has 0 fully saturated rings. The number of anilines is 2. The second-order valence-corrected chi connectivity index (χ2v) is 3.87. The molecule has 110 valence electrons. The third kappa shape index (κ3) is 5.19. The topological polar surface area (TPSA) is 102 Å². The van der Waals surface area contributed by atoms with E-state index in [-0.39, 0.29) is 30.0 Å². The van der Waals surface area contributed by atoms with Gasteiger partial charge in [0.15, 0.2) is 0 Å². The number of rotatable bonds is 7. The van der Waals surface area contributed by atoms with Crippen LogP contribution in [0.4, 0.5) is 20.2 Å². The number of aromatic carboxylic acids is 1. The van der Waals surface area contributed by atoms with E-state index in [0.29, 0.717) is 0 Å². The van der Waals surface area contributed by atoms with Crippen molar-refractivity contribution in [3.63, 3.8) is 0 Å². The van der Waals surface area contributed by atoms with Crippen LogP contribution in [0.25, 0.3) is 0 Å². The molecule has 0 bridgehead atoms. The number of halogens is 2. The number of benzene rings is 1. The van der Waals surface area contributed by atoms with Crippen LogP contribution in [0.3, 0.4) is 0 Å². The number of carbonyl (C=O) groups is 2. The lowest BCUT2D eigenvalue weighted by Crippen LogP contribution is -2.17. The minimum Gasteiger partial charge on any atom is -0.478 e. The van der Waals surface area contributed by atoms with Crippen LogP contribution in [-0.2, 0) is 9.53 Å². The molecule has 1 amide bonds. The highest BCUT2D eigenvalue weighted by atomic mass is 19.3. The number of carboxylic acid groups (broad SMARTS) is 1. The van der Waals surface area contributed by atoms with E-state index in [1.165, 1.54) is 18.2 Å². The fraction of sp³-hybridized carbons (Fsp3) is 0.333. The van der Waals surface area contributed by atoms with Crippen molar-refractivity contribution in [3.05, 3.63) is 23.8 Å². The van der Waals surface area contributed by atoms with E-state index >= 15 is 0 Å². The zero-order valence-electron chi connectivity index (χ0n) is 10.4. The summed E-state index contributed by atoms with van der Waals surface area (Å²) < 4.78 is 28.1. The molecule has 0 aliphatic carbocycles. The molecule has 0 radical (unpaired) electrons. The Kier molecular flexibility index (Phi) is 5.85. The molecule has 0 aliphatic heterocycles. The average molecular weight is 288 g/mol. The van der Waals surface area contributed by atoms with Gasteiger partial charge in [-0.1, -0.05) is 0 Å². The van der Waals surface area contributed by atoms with Gasteiger partial charge in [0, 0.05) is 5.69 Å². The van der Waals surface area contributed by atoms with Gasteiger partial charge in [-0.25, -0.2) is 13.6 Å². The molecule has 0 spiro atoms. The van der Waals surface area contributed by atoms with E-state index in [0.717, 1.165) is 0 Å². The Labute approximate surface area is 113 Å². The number of alkyl halides is 2. The number of carboxylic acids is 1. The van der Waals surface area contributed by atoms with E-state index in [4.69, 9.17) is 10.8 Å². The van der Waals surface area contributed by atoms with E-state index in [9.17, 15) is 18.4 Å². The SMILES string of the molecule is Nc1ccc(NC(=O)CCOCC(F)F)c(C(=O)O)c1. The number of carbonyl (C=O) groups excluding carboxylic acids is 1. The van der Waals surface area contributed by atoms with Crippen molar-refractivity contribution in [2.75, 3.05) is 24.3 Å². The summed E-state index contributed by atoms with van der Waals surface area (Å²) in [5.74, 6) is -1.77. The molecule has 0 saturated carbocycles. The Morgan fingerprint density at radius 3 is 2.70 bits per heavy atom. The van der Waals surface area contributed by atoms with Crippen LogP contribution in [0.5, 0.6) is 0 Å². The van der Waals surface area contributed by atoms with E-state index in [1.807, 2.05) is 0 Å². The maximum atomic E-state index is 11.8. The van der Waals surface area contributed by atoms with Crippen LogP contribution < -0.4 is 11.1 Å². The van der Waals surface area contributed by atoms with Crippen molar-refractivity contribution < 1.29 is 28.2 Å². The van der Waals surface area contributed by atoms with Crippen molar-refractivity contribution in [2.45, 2.75) is 12.8 Å². The first kappa shape index (κ1) is 15.8. The second-order valence-electron chi connectivity index (χ2n) is 3.87. The van der Waals surface area contributed by atoms with Gasteiger partial charge in [0.25, 0.3) is 6.43 Å². The van der Waals surface area contributed by atoms with Crippen LogP contribution in [-0.4, -0.2) is 36.6 Å². The Morgan fingerprint density at radius 2 is 2.10 bits per heavy atom. The Hall–Kier alpha value is -2.22. The summed E-state index contributed by atoms with van der Waals surface area (Å²) in [6.07, 6.45) is -2.75. The van der Waals surface area contributed by atoms with Gasteiger partial charge in [0.1, 0.15) is 6.61 Å². The summed E-state index contributed by atoms with van der Waals surface area (Å²) >= 11 is 0. The summed E-state index contributed by atoms with van der Waals surface area (Å²) in [5, 5.41) is 11.3. The molecule has 0 heterocycles. The number of nitrogen functional groups attached to an aromatic ring is 1. The Morgan fingerprint density at radius 1 is 1.40 bits per heavy atom. The first-order valence-electron chi connectivity index (χ1n) is 5.68. The lowest BCUT2D eigenvalue weighted by Gasteiger charge is -2.09. The van der Waals surface area contributed by atoms with Crippen molar-refractivity contribution >= 4 is 23.3 Å². The minimum absolute atomic E-state index is 0.0885. The molecule has 20 heavy (non-hydrogen) atoms. The quantitative estimate of drug-likeness (QED) is 0.522. The molecule has 8 heteroatoms. The predicted molar refractivity (Wildman–Crippen MR) is 67.9 cm³/mol. The van der Waals surface area contributed by atoms with Crippen molar-refractivity contribution in [1.29, 1.82) is 0 Å². The third-order valence-corrected chi connectivity index (χ3v) is 2.27. The molecule has 0 atom stereocenters. The smallest absolute Gasteiger partial charge is 0.337 e. The van der Waals surface area contributed by atoms with E-state index < -0.39 is 24.9 Å². The van der Waals surface area contributed by atoms with Gasteiger partial charge in [0.2, 0.25) is 5.91 Å². The van der Waals surface area contributed by atoms with Gasteiger partial charge >= 0.3 is 5.97 Å². The number of ether oxygens (including phenoxy) is 1. The van der Waals surface area contributed by atoms with Gasteiger partial charge in [-0.3, -0.25) is 4.79 Å². The molecule has 0 saturated heterocycles. The van der Waals surface area contributed by atoms with Crippen molar-refractivity contribution in [1.82, 2.24) is 0 Å². The van der Waals surface area contributed by atoms with Crippen LogP contribution in [0, 0.1) is 0 Å². The van der Waals surface area contributed by atoms with Gasteiger partial charge < -0.3 is 20.9 Å². The van der Waals surface area contributed by atoms with Crippen LogP contribution in [0.15, 0.2) is 18.2 Å². The van der Waals surface area contributed by atoms with Crippen molar-refractivity contribution in [2.24, 2.45) is 0 Å². The monoisotopic (exact) mass is 288 g/mol.